The Morgan fingerprint density at radius 2 is 2.25 bits per heavy atom. The molecule has 3 unspecified atom stereocenters. The molecule has 3 atom stereocenters. The maximum Gasteiger partial charge on any atom is 0.307 e. The Hall–Kier alpha value is -1.43. The number of aromatic nitrogens is 2. The van der Waals surface area contributed by atoms with Crippen LogP contribution in [-0.2, 0) is 9.53 Å². The molecule has 1 N–H and O–H groups in total. The van der Waals surface area contributed by atoms with Crippen molar-refractivity contribution in [2.45, 2.75) is 52.1 Å². The largest absolute Gasteiger partial charge is 0.481 e. The predicted octanol–water partition coefficient (Wildman–Crippen LogP) is 2.77. The summed E-state index contributed by atoms with van der Waals surface area (Å²) in [6, 6.07) is 0. The summed E-state index contributed by atoms with van der Waals surface area (Å²) >= 11 is 0. The summed E-state index contributed by atoms with van der Waals surface area (Å²) in [5.74, 6) is -0.157. The highest BCUT2D eigenvalue weighted by Gasteiger charge is 2.38. The maximum absolute atomic E-state index is 11.2. The minimum Gasteiger partial charge on any atom is -0.481 e. The van der Waals surface area contributed by atoms with Crippen LogP contribution in [0.5, 0.6) is 0 Å². The minimum atomic E-state index is -0.780. The van der Waals surface area contributed by atoms with Gasteiger partial charge in [0.15, 0.2) is 0 Å². The van der Waals surface area contributed by atoms with Crippen LogP contribution in [0.4, 0.5) is 0 Å². The van der Waals surface area contributed by atoms with Crippen LogP contribution in [0.2, 0.25) is 0 Å². The lowest BCUT2D eigenvalue weighted by atomic mass is 9.96. The molecule has 0 radical (unpaired) electrons. The van der Waals surface area contributed by atoms with Crippen molar-refractivity contribution in [3.05, 3.63) is 11.7 Å². The number of aliphatic carboxylic acids is 1. The Labute approximate surface area is 118 Å². The molecule has 2 rings (SSSR count). The zero-order chi connectivity index (χ0) is 14.7. The van der Waals surface area contributed by atoms with Gasteiger partial charge >= 0.3 is 5.97 Å². The average Bonchev–Trinajstić information content (AvgIpc) is 3.03. The molecule has 0 spiro atoms. The second-order valence-electron chi connectivity index (χ2n) is 5.59. The quantitative estimate of drug-likeness (QED) is 0.863. The first-order chi connectivity index (χ1) is 9.54. The molecule has 1 aromatic rings. The van der Waals surface area contributed by atoms with Gasteiger partial charge in [0, 0.05) is 6.61 Å². The van der Waals surface area contributed by atoms with E-state index in [2.05, 4.69) is 10.1 Å². The first-order valence-electron chi connectivity index (χ1n) is 7.22. The minimum absolute atomic E-state index is 0.164. The summed E-state index contributed by atoms with van der Waals surface area (Å²) in [5.41, 5.74) is 0. The third-order valence-electron chi connectivity index (χ3n) is 3.81. The van der Waals surface area contributed by atoms with Crippen LogP contribution in [0, 0.1) is 11.8 Å². The normalized spacial score (nSPS) is 24.2. The zero-order valence-electron chi connectivity index (χ0n) is 12.2. The smallest absolute Gasteiger partial charge is 0.307 e. The van der Waals surface area contributed by atoms with E-state index in [9.17, 15) is 9.90 Å². The van der Waals surface area contributed by atoms with Gasteiger partial charge < -0.3 is 14.4 Å². The van der Waals surface area contributed by atoms with Crippen molar-refractivity contribution in [2.75, 3.05) is 6.61 Å². The number of ether oxygens (including phenoxy) is 1. The highest BCUT2D eigenvalue weighted by Crippen LogP contribution is 2.39. The predicted molar refractivity (Wildman–Crippen MR) is 71.2 cm³/mol. The first-order valence-corrected chi connectivity index (χ1v) is 7.22. The van der Waals surface area contributed by atoms with E-state index < -0.39 is 11.9 Å². The molecular formula is C14H22N2O4. The molecule has 1 aromatic heterocycles. The van der Waals surface area contributed by atoms with Crippen molar-refractivity contribution in [3.63, 3.8) is 0 Å². The second kappa shape index (κ2) is 6.35. The topological polar surface area (TPSA) is 85.5 Å². The molecular weight excluding hydrogens is 260 g/mol. The molecule has 112 valence electrons. The summed E-state index contributed by atoms with van der Waals surface area (Å²) in [6.45, 7) is 6.57. The highest BCUT2D eigenvalue weighted by molar-refractivity contribution is 5.71. The van der Waals surface area contributed by atoms with Crippen LogP contribution in [0.25, 0.3) is 0 Å². The average molecular weight is 282 g/mol. The third kappa shape index (κ3) is 3.00. The van der Waals surface area contributed by atoms with Gasteiger partial charge in [-0.15, -0.1) is 0 Å². The van der Waals surface area contributed by atoms with Gasteiger partial charge in [0.2, 0.25) is 11.7 Å². The third-order valence-corrected chi connectivity index (χ3v) is 3.81. The fourth-order valence-electron chi connectivity index (χ4n) is 2.81. The molecule has 1 aliphatic carbocycles. The monoisotopic (exact) mass is 282 g/mol. The van der Waals surface area contributed by atoms with Gasteiger partial charge in [0.25, 0.3) is 0 Å². The molecule has 20 heavy (non-hydrogen) atoms. The van der Waals surface area contributed by atoms with Gasteiger partial charge in [0.1, 0.15) is 6.10 Å². The van der Waals surface area contributed by atoms with E-state index >= 15 is 0 Å². The fourth-order valence-corrected chi connectivity index (χ4v) is 2.81. The van der Waals surface area contributed by atoms with Crippen LogP contribution in [-0.4, -0.2) is 27.8 Å². The van der Waals surface area contributed by atoms with E-state index in [1.165, 1.54) is 0 Å². The molecule has 1 heterocycles. The fraction of sp³-hybridized carbons (Fsp3) is 0.786. The van der Waals surface area contributed by atoms with Gasteiger partial charge in [-0.2, -0.15) is 4.98 Å². The first kappa shape index (κ1) is 15.0. The second-order valence-corrected chi connectivity index (χ2v) is 5.59. The number of nitrogens with zero attached hydrogens (tertiary/aromatic N) is 2. The Morgan fingerprint density at radius 1 is 1.50 bits per heavy atom. The van der Waals surface area contributed by atoms with Gasteiger partial charge in [-0.3, -0.25) is 4.79 Å². The van der Waals surface area contributed by atoms with E-state index in [1.807, 2.05) is 20.8 Å². The molecule has 0 aromatic carbocycles. The Balaban J connectivity index is 2.17. The molecule has 0 aliphatic heterocycles. The maximum atomic E-state index is 11.2. The molecule has 6 heteroatoms. The number of rotatable bonds is 6. The summed E-state index contributed by atoms with van der Waals surface area (Å²) in [6.07, 6.45) is 2.15. The van der Waals surface area contributed by atoms with Crippen molar-refractivity contribution in [3.8, 4) is 0 Å². The van der Waals surface area contributed by atoms with Gasteiger partial charge in [0.05, 0.1) is 11.8 Å². The van der Waals surface area contributed by atoms with Crippen molar-refractivity contribution in [2.24, 2.45) is 11.8 Å². The molecule has 1 aliphatic rings. The van der Waals surface area contributed by atoms with Crippen molar-refractivity contribution in [1.82, 2.24) is 10.1 Å². The van der Waals surface area contributed by atoms with E-state index in [-0.39, 0.29) is 17.9 Å². The summed E-state index contributed by atoms with van der Waals surface area (Å²) in [5, 5.41) is 13.2. The number of carboxylic acid groups (broad SMARTS) is 1. The number of carbonyl (C=O) groups is 1. The van der Waals surface area contributed by atoms with Gasteiger partial charge in [-0.05, 0) is 25.7 Å². The van der Waals surface area contributed by atoms with E-state index in [0.29, 0.717) is 24.7 Å². The number of hydrogen-bond acceptors (Lipinski definition) is 5. The van der Waals surface area contributed by atoms with E-state index in [0.717, 1.165) is 12.8 Å². The molecule has 1 fully saturated rings. The molecule has 6 nitrogen and oxygen atoms in total. The Bertz CT molecular complexity index is 458. The summed E-state index contributed by atoms with van der Waals surface area (Å²) in [7, 11) is 0. The standard InChI is InChI=1S/C14H22N2O4/c1-4-19-11(8(2)3)12-15-13(20-16-12)9-6-5-7-10(9)14(17)18/h8-11H,4-7H2,1-3H3,(H,17,18). The van der Waals surface area contributed by atoms with Gasteiger partial charge in [-0.1, -0.05) is 25.4 Å². The highest BCUT2D eigenvalue weighted by atomic mass is 16.5. The summed E-state index contributed by atoms with van der Waals surface area (Å²) in [4.78, 5) is 15.6. The van der Waals surface area contributed by atoms with Crippen LogP contribution in [0.1, 0.15) is 63.8 Å². The lowest BCUT2D eigenvalue weighted by Gasteiger charge is -2.16. The summed E-state index contributed by atoms with van der Waals surface area (Å²) < 4.78 is 10.9. The van der Waals surface area contributed by atoms with Gasteiger partial charge in [-0.25, -0.2) is 0 Å². The SMILES string of the molecule is CCOC(c1noc(C2CCCC2C(=O)O)n1)C(C)C. The van der Waals surface area contributed by atoms with Crippen molar-refractivity contribution >= 4 is 5.97 Å². The van der Waals surface area contributed by atoms with E-state index in [1.54, 1.807) is 0 Å². The van der Waals surface area contributed by atoms with Crippen LogP contribution >= 0.6 is 0 Å². The number of hydrogen-bond donors (Lipinski definition) is 1. The molecule has 1 saturated carbocycles. The number of carboxylic acids is 1. The lowest BCUT2D eigenvalue weighted by molar-refractivity contribution is -0.142. The van der Waals surface area contributed by atoms with Crippen LogP contribution in [0.15, 0.2) is 4.52 Å². The molecule has 0 amide bonds. The zero-order valence-corrected chi connectivity index (χ0v) is 12.2. The van der Waals surface area contributed by atoms with Crippen LogP contribution < -0.4 is 0 Å². The Morgan fingerprint density at radius 3 is 2.85 bits per heavy atom. The molecule has 0 bridgehead atoms. The van der Waals surface area contributed by atoms with Crippen molar-refractivity contribution in [1.29, 1.82) is 0 Å². The lowest BCUT2D eigenvalue weighted by Crippen LogP contribution is -2.17. The molecule has 0 saturated heterocycles. The van der Waals surface area contributed by atoms with E-state index in [4.69, 9.17) is 9.26 Å². The van der Waals surface area contributed by atoms with Crippen LogP contribution in [0.3, 0.4) is 0 Å². The Kier molecular flexibility index (Phi) is 4.75. The van der Waals surface area contributed by atoms with Crippen molar-refractivity contribution < 1.29 is 19.2 Å².